The molecule has 0 radical (unpaired) electrons. The maximum Gasteiger partial charge on any atom is 0.416 e. The van der Waals surface area contributed by atoms with Gasteiger partial charge in [-0.3, -0.25) is 4.79 Å². The van der Waals surface area contributed by atoms with Gasteiger partial charge in [0.1, 0.15) is 5.82 Å². The number of nitrogens with zero attached hydrogens (tertiary/aromatic N) is 3. The van der Waals surface area contributed by atoms with Crippen LogP contribution in [0.4, 0.5) is 13.2 Å². The molecule has 182 valence electrons. The molecule has 1 N–H and O–H groups in total. The lowest BCUT2D eigenvalue weighted by molar-refractivity contribution is -0.137. The van der Waals surface area contributed by atoms with Crippen molar-refractivity contribution in [2.45, 2.75) is 25.4 Å². The Bertz CT molecular complexity index is 1380. The van der Waals surface area contributed by atoms with Gasteiger partial charge in [0, 0.05) is 24.6 Å². The first-order valence-electron chi connectivity index (χ1n) is 10.7. The van der Waals surface area contributed by atoms with Crippen LogP contribution in [0, 0.1) is 0 Å². The van der Waals surface area contributed by atoms with E-state index in [1.54, 1.807) is 32.7 Å². The molecule has 1 atom stereocenters. The van der Waals surface area contributed by atoms with E-state index >= 15 is 0 Å². The van der Waals surface area contributed by atoms with Crippen molar-refractivity contribution < 1.29 is 22.6 Å². The van der Waals surface area contributed by atoms with E-state index in [0.717, 1.165) is 23.3 Å². The van der Waals surface area contributed by atoms with Crippen LogP contribution in [0.15, 0.2) is 65.7 Å². The van der Waals surface area contributed by atoms with Crippen LogP contribution >= 0.6 is 0 Å². The fraction of sp³-hybridized carbons (Fsp3) is 0.240. The minimum absolute atomic E-state index is 0.209. The zero-order chi connectivity index (χ0) is 25.2. The highest BCUT2D eigenvalue weighted by atomic mass is 19.4. The highest BCUT2D eigenvalue weighted by Crippen LogP contribution is 2.32. The molecule has 0 aliphatic carbocycles. The third-order valence-electron chi connectivity index (χ3n) is 5.67. The first-order chi connectivity index (χ1) is 16.7. The summed E-state index contributed by atoms with van der Waals surface area (Å²) in [7, 11) is 3.10. The summed E-state index contributed by atoms with van der Waals surface area (Å²) in [5.74, 6) is 1.72. The number of benzene rings is 2. The number of methoxy groups -OCH3 is 2. The Hall–Kier alpha value is -4.08. The predicted octanol–water partition coefficient (Wildman–Crippen LogP) is 4.73. The average Bonchev–Trinajstić information content (AvgIpc) is 3.33. The molecule has 0 aliphatic heterocycles. The third kappa shape index (κ3) is 5.37. The van der Waals surface area contributed by atoms with Gasteiger partial charge in [0.25, 0.3) is 5.56 Å². The standard InChI is InChI=1S/C25H23F3N4O3/c1-15(17-5-7-19(8-6-17)25(26,27)28)18-13-29-32(14-18)23-12-24(33)31-22(30-23)11-16-4-9-20(34-2)21(10-16)35-3/h4-10,12-15H,11H2,1-3H3,(H,30,31,33). The molecule has 0 saturated heterocycles. The van der Waals surface area contributed by atoms with Gasteiger partial charge in [-0.25, -0.2) is 9.67 Å². The Morgan fingerprint density at radius 3 is 2.37 bits per heavy atom. The molecule has 4 rings (SSSR count). The molecule has 0 bridgehead atoms. The summed E-state index contributed by atoms with van der Waals surface area (Å²) >= 11 is 0. The molecule has 10 heteroatoms. The Balaban J connectivity index is 1.57. The van der Waals surface area contributed by atoms with Gasteiger partial charge >= 0.3 is 6.18 Å². The van der Waals surface area contributed by atoms with E-state index < -0.39 is 11.7 Å². The number of hydrogen-bond acceptors (Lipinski definition) is 5. The molecule has 4 aromatic rings. The van der Waals surface area contributed by atoms with E-state index in [0.29, 0.717) is 35.1 Å². The van der Waals surface area contributed by atoms with Crippen LogP contribution in [-0.4, -0.2) is 34.0 Å². The first kappa shape index (κ1) is 24.1. The second kappa shape index (κ2) is 9.65. The summed E-state index contributed by atoms with van der Waals surface area (Å²) in [6.07, 6.45) is -0.712. The van der Waals surface area contributed by atoms with Gasteiger partial charge in [0.05, 0.1) is 26.0 Å². The highest BCUT2D eigenvalue weighted by Gasteiger charge is 2.30. The molecule has 7 nitrogen and oxygen atoms in total. The highest BCUT2D eigenvalue weighted by molar-refractivity contribution is 5.43. The molecule has 0 amide bonds. The van der Waals surface area contributed by atoms with Crippen LogP contribution in [-0.2, 0) is 12.6 Å². The molecule has 0 aliphatic rings. The lowest BCUT2D eigenvalue weighted by Crippen LogP contribution is -2.14. The van der Waals surface area contributed by atoms with Crippen molar-refractivity contribution in [3.8, 4) is 17.3 Å². The number of aromatic nitrogens is 4. The van der Waals surface area contributed by atoms with Gasteiger partial charge in [0.2, 0.25) is 0 Å². The number of nitrogens with one attached hydrogen (secondary N) is 1. The lowest BCUT2D eigenvalue weighted by Gasteiger charge is -2.12. The Labute approximate surface area is 199 Å². The van der Waals surface area contributed by atoms with Crippen molar-refractivity contribution in [1.82, 2.24) is 19.7 Å². The van der Waals surface area contributed by atoms with Crippen molar-refractivity contribution >= 4 is 0 Å². The van der Waals surface area contributed by atoms with E-state index in [4.69, 9.17) is 9.47 Å². The first-order valence-corrected chi connectivity index (χ1v) is 10.7. The predicted molar refractivity (Wildman–Crippen MR) is 123 cm³/mol. The summed E-state index contributed by atoms with van der Waals surface area (Å²) in [4.78, 5) is 19.6. The van der Waals surface area contributed by atoms with Crippen LogP contribution in [0.2, 0.25) is 0 Å². The fourth-order valence-electron chi connectivity index (χ4n) is 3.72. The molecule has 0 saturated carbocycles. The van der Waals surface area contributed by atoms with Crippen molar-refractivity contribution in [1.29, 1.82) is 0 Å². The van der Waals surface area contributed by atoms with Crippen LogP contribution in [0.5, 0.6) is 11.5 Å². The number of hydrogen-bond donors (Lipinski definition) is 1. The van der Waals surface area contributed by atoms with Gasteiger partial charge in [-0.2, -0.15) is 18.3 Å². The van der Waals surface area contributed by atoms with Gasteiger partial charge in [-0.05, 0) is 41.0 Å². The molecule has 1 unspecified atom stereocenters. The van der Waals surface area contributed by atoms with E-state index in [1.165, 1.54) is 22.9 Å². The Morgan fingerprint density at radius 1 is 1.00 bits per heavy atom. The molecule has 2 aromatic carbocycles. The second-order valence-electron chi connectivity index (χ2n) is 7.98. The quantitative estimate of drug-likeness (QED) is 0.410. The summed E-state index contributed by atoms with van der Waals surface area (Å²) in [5.41, 5.74) is 1.32. The molecule has 0 fully saturated rings. The van der Waals surface area contributed by atoms with E-state index in [-0.39, 0.29) is 11.5 Å². The van der Waals surface area contributed by atoms with Gasteiger partial charge in [-0.1, -0.05) is 25.1 Å². The summed E-state index contributed by atoms with van der Waals surface area (Å²) in [5, 5.41) is 4.31. The largest absolute Gasteiger partial charge is 0.493 e. The number of H-pyrrole nitrogens is 1. The number of halogens is 3. The van der Waals surface area contributed by atoms with E-state index in [9.17, 15) is 18.0 Å². The fourth-order valence-corrected chi connectivity index (χ4v) is 3.72. The van der Waals surface area contributed by atoms with Gasteiger partial charge in [0.15, 0.2) is 17.3 Å². The van der Waals surface area contributed by atoms with Crippen molar-refractivity contribution in [2.75, 3.05) is 14.2 Å². The van der Waals surface area contributed by atoms with Gasteiger partial charge in [-0.15, -0.1) is 0 Å². The minimum Gasteiger partial charge on any atom is -0.493 e. The second-order valence-corrected chi connectivity index (χ2v) is 7.98. The van der Waals surface area contributed by atoms with Crippen LogP contribution in [0.1, 0.15) is 40.9 Å². The van der Waals surface area contributed by atoms with E-state index in [1.807, 2.05) is 19.1 Å². The molecule has 0 spiro atoms. The maximum atomic E-state index is 12.8. The minimum atomic E-state index is -4.38. The summed E-state index contributed by atoms with van der Waals surface area (Å²) in [6, 6.07) is 11.8. The molecule has 2 aromatic heterocycles. The van der Waals surface area contributed by atoms with Crippen molar-refractivity contribution in [2.24, 2.45) is 0 Å². The Kier molecular flexibility index (Phi) is 6.63. The van der Waals surface area contributed by atoms with Gasteiger partial charge < -0.3 is 14.5 Å². The number of ether oxygens (including phenoxy) is 2. The summed E-state index contributed by atoms with van der Waals surface area (Å²) < 4.78 is 50.6. The lowest BCUT2D eigenvalue weighted by atomic mass is 9.95. The molecular formula is C25H23F3N4O3. The summed E-state index contributed by atoms with van der Waals surface area (Å²) in [6.45, 7) is 1.87. The molecular weight excluding hydrogens is 461 g/mol. The number of rotatable bonds is 7. The molecule has 35 heavy (non-hydrogen) atoms. The number of aromatic amines is 1. The topological polar surface area (TPSA) is 82.0 Å². The average molecular weight is 484 g/mol. The van der Waals surface area contributed by atoms with Crippen LogP contribution in [0.25, 0.3) is 5.82 Å². The monoisotopic (exact) mass is 484 g/mol. The van der Waals surface area contributed by atoms with E-state index in [2.05, 4.69) is 15.1 Å². The maximum absolute atomic E-state index is 12.8. The smallest absolute Gasteiger partial charge is 0.416 e. The van der Waals surface area contributed by atoms with Crippen molar-refractivity contribution in [3.63, 3.8) is 0 Å². The normalized spacial score (nSPS) is 12.4. The zero-order valence-electron chi connectivity index (χ0n) is 19.3. The van der Waals surface area contributed by atoms with Crippen LogP contribution in [0.3, 0.4) is 0 Å². The Morgan fingerprint density at radius 2 is 1.71 bits per heavy atom. The SMILES string of the molecule is COc1ccc(Cc2nc(-n3cc(C(C)c4ccc(C(F)(F)F)cc4)cn3)cc(=O)[nH]2)cc1OC. The zero-order valence-corrected chi connectivity index (χ0v) is 19.3. The van der Waals surface area contributed by atoms with Crippen molar-refractivity contribution in [3.05, 3.63) is 99.4 Å². The third-order valence-corrected chi connectivity index (χ3v) is 5.67. The molecule has 2 heterocycles. The number of alkyl halides is 3. The van der Waals surface area contributed by atoms with Crippen LogP contribution < -0.4 is 15.0 Å².